The monoisotopic (exact) mass is 195 g/mol. The summed E-state index contributed by atoms with van der Waals surface area (Å²) < 4.78 is 0. The lowest BCUT2D eigenvalue weighted by atomic mass is 10.0. The SMILES string of the molecule is CNCC1CSc2ccc(O)cc21. The van der Waals surface area contributed by atoms with E-state index in [4.69, 9.17) is 0 Å². The number of hydrogen-bond acceptors (Lipinski definition) is 3. The second kappa shape index (κ2) is 3.60. The van der Waals surface area contributed by atoms with Crippen LogP contribution in [0.5, 0.6) is 5.75 Å². The molecule has 1 aliphatic heterocycles. The Morgan fingerprint density at radius 1 is 1.62 bits per heavy atom. The summed E-state index contributed by atoms with van der Waals surface area (Å²) in [5.74, 6) is 2.05. The average molecular weight is 195 g/mol. The van der Waals surface area contributed by atoms with Crippen molar-refractivity contribution in [3.63, 3.8) is 0 Å². The van der Waals surface area contributed by atoms with Gasteiger partial charge in [-0.25, -0.2) is 0 Å². The number of hydrogen-bond donors (Lipinski definition) is 2. The number of fused-ring (bicyclic) bond motifs is 1. The van der Waals surface area contributed by atoms with Crippen molar-refractivity contribution in [1.29, 1.82) is 0 Å². The zero-order chi connectivity index (χ0) is 9.26. The summed E-state index contributed by atoms with van der Waals surface area (Å²) in [6.45, 7) is 0.990. The van der Waals surface area contributed by atoms with Crippen molar-refractivity contribution in [2.45, 2.75) is 10.8 Å². The van der Waals surface area contributed by atoms with Crippen LogP contribution in [0.15, 0.2) is 23.1 Å². The number of nitrogens with one attached hydrogen (secondary N) is 1. The Morgan fingerprint density at radius 2 is 2.46 bits per heavy atom. The molecule has 13 heavy (non-hydrogen) atoms. The first-order chi connectivity index (χ1) is 6.31. The standard InChI is InChI=1S/C10H13NOS/c1-11-5-7-6-13-10-3-2-8(12)4-9(7)10/h2-4,7,11-12H,5-6H2,1H3. The van der Waals surface area contributed by atoms with Crippen molar-refractivity contribution in [1.82, 2.24) is 5.32 Å². The number of likely N-dealkylation sites (N-methyl/N-ethyl adjacent to an activating group) is 1. The first-order valence-electron chi connectivity index (χ1n) is 4.41. The van der Waals surface area contributed by atoms with Crippen LogP contribution in [0.3, 0.4) is 0 Å². The first kappa shape index (κ1) is 8.91. The predicted molar refractivity (Wildman–Crippen MR) is 55.5 cm³/mol. The number of phenolic OH excluding ortho intramolecular Hbond substituents is 1. The fourth-order valence-corrected chi connectivity index (χ4v) is 2.92. The molecule has 1 unspecified atom stereocenters. The summed E-state index contributed by atoms with van der Waals surface area (Å²) in [5.41, 5.74) is 1.29. The molecule has 0 bridgehead atoms. The van der Waals surface area contributed by atoms with Gasteiger partial charge in [0.15, 0.2) is 0 Å². The van der Waals surface area contributed by atoms with Crippen LogP contribution in [0.2, 0.25) is 0 Å². The molecule has 2 nitrogen and oxygen atoms in total. The van der Waals surface area contributed by atoms with Gasteiger partial charge in [-0.05, 0) is 30.8 Å². The summed E-state index contributed by atoms with van der Waals surface area (Å²) in [4.78, 5) is 1.32. The lowest BCUT2D eigenvalue weighted by Gasteiger charge is -2.09. The number of benzene rings is 1. The minimum Gasteiger partial charge on any atom is -0.508 e. The molecule has 1 aromatic carbocycles. The van der Waals surface area contributed by atoms with Crippen molar-refractivity contribution < 1.29 is 5.11 Å². The Hall–Kier alpha value is -0.670. The summed E-state index contributed by atoms with van der Waals surface area (Å²) >= 11 is 1.87. The highest BCUT2D eigenvalue weighted by atomic mass is 32.2. The predicted octanol–water partition coefficient (Wildman–Crippen LogP) is 1.80. The van der Waals surface area contributed by atoms with Crippen LogP contribution in [0.25, 0.3) is 0 Å². The fraction of sp³-hybridized carbons (Fsp3) is 0.400. The van der Waals surface area contributed by atoms with Gasteiger partial charge >= 0.3 is 0 Å². The van der Waals surface area contributed by atoms with E-state index in [1.54, 1.807) is 6.07 Å². The zero-order valence-electron chi connectivity index (χ0n) is 7.58. The quantitative estimate of drug-likeness (QED) is 0.754. The summed E-state index contributed by atoms with van der Waals surface area (Å²) in [7, 11) is 1.96. The van der Waals surface area contributed by atoms with Crippen LogP contribution < -0.4 is 5.32 Å². The van der Waals surface area contributed by atoms with Crippen LogP contribution in [0, 0.1) is 0 Å². The third-order valence-corrected chi connectivity index (χ3v) is 3.58. The van der Waals surface area contributed by atoms with Crippen LogP contribution in [-0.2, 0) is 0 Å². The van der Waals surface area contributed by atoms with Crippen LogP contribution >= 0.6 is 11.8 Å². The van der Waals surface area contributed by atoms with Gasteiger partial charge < -0.3 is 10.4 Å². The molecule has 1 aromatic rings. The Balaban J connectivity index is 2.29. The van der Waals surface area contributed by atoms with E-state index in [9.17, 15) is 5.11 Å². The van der Waals surface area contributed by atoms with Gasteiger partial charge in [-0.1, -0.05) is 0 Å². The lowest BCUT2D eigenvalue weighted by Crippen LogP contribution is -2.16. The maximum Gasteiger partial charge on any atom is 0.115 e. The fourth-order valence-electron chi connectivity index (χ4n) is 1.68. The van der Waals surface area contributed by atoms with Crippen molar-refractivity contribution in [2.24, 2.45) is 0 Å². The molecule has 0 aromatic heterocycles. The van der Waals surface area contributed by atoms with Gasteiger partial charge in [-0.15, -0.1) is 11.8 Å². The maximum absolute atomic E-state index is 9.35. The summed E-state index contributed by atoms with van der Waals surface area (Å²) in [5, 5.41) is 12.5. The molecule has 0 aliphatic carbocycles. The molecule has 0 fully saturated rings. The van der Waals surface area contributed by atoms with Gasteiger partial charge in [0.2, 0.25) is 0 Å². The number of rotatable bonds is 2. The molecular weight excluding hydrogens is 182 g/mol. The zero-order valence-corrected chi connectivity index (χ0v) is 8.40. The molecule has 1 heterocycles. The number of aromatic hydroxyl groups is 1. The first-order valence-corrected chi connectivity index (χ1v) is 5.40. The van der Waals surface area contributed by atoms with Crippen LogP contribution in [-0.4, -0.2) is 24.5 Å². The van der Waals surface area contributed by atoms with Gasteiger partial charge in [-0.3, -0.25) is 0 Å². The molecule has 2 N–H and O–H groups in total. The van der Waals surface area contributed by atoms with Crippen molar-refractivity contribution in [3.05, 3.63) is 23.8 Å². The molecule has 0 radical (unpaired) electrons. The van der Waals surface area contributed by atoms with E-state index in [-0.39, 0.29) is 0 Å². The number of thioether (sulfide) groups is 1. The van der Waals surface area contributed by atoms with E-state index >= 15 is 0 Å². The van der Waals surface area contributed by atoms with Crippen LogP contribution in [0.1, 0.15) is 11.5 Å². The molecule has 1 atom stereocenters. The van der Waals surface area contributed by atoms with Crippen molar-refractivity contribution >= 4 is 11.8 Å². The Morgan fingerprint density at radius 3 is 3.23 bits per heavy atom. The van der Waals surface area contributed by atoms with Gasteiger partial charge in [0.05, 0.1) is 0 Å². The highest BCUT2D eigenvalue weighted by Crippen LogP contribution is 2.40. The largest absolute Gasteiger partial charge is 0.508 e. The topological polar surface area (TPSA) is 32.3 Å². The smallest absolute Gasteiger partial charge is 0.115 e. The second-order valence-electron chi connectivity index (χ2n) is 3.29. The molecule has 2 rings (SSSR count). The maximum atomic E-state index is 9.35. The lowest BCUT2D eigenvalue weighted by molar-refractivity contribution is 0.473. The van der Waals surface area contributed by atoms with E-state index in [0.717, 1.165) is 12.3 Å². The second-order valence-corrected chi connectivity index (χ2v) is 4.35. The van der Waals surface area contributed by atoms with E-state index < -0.39 is 0 Å². The van der Waals surface area contributed by atoms with E-state index in [1.807, 2.05) is 30.9 Å². The summed E-state index contributed by atoms with van der Waals surface area (Å²) in [6, 6.07) is 5.65. The Bertz CT molecular complexity index is 312. The molecule has 70 valence electrons. The minimum absolute atomic E-state index is 0.377. The Kier molecular flexibility index (Phi) is 2.47. The van der Waals surface area contributed by atoms with Crippen molar-refractivity contribution in [2.75, 3.05) is 19.3 Å². The molecule has 0 saturated carbocycles. The molecule has 3 heteroatoms. The number of phenols is 1. The molecule has 0 saturated heterocycles. The van der Waals surface area contributed by atoms with Gasteiger partial charge in [0.1, 0.15) is 5.75 Å². The average Bonchev–Trinajstić information content (AvgIpc) is 2.49. The highest BCUT2D eigenvalue weighted by molar-refractivity contribution is 7.99. The third-order valence-electron chi connectivity index (χ3n) is 2.32. The highest BCUT2D eigenvalue weighted by Gasteiger charge is 2.22. The molecular formula is C10H13NOS. The molecule has 0 amide bonds. The van der Waals surface area contributed by atoms with Crippen molar-refractivity contribution in [3.8, 4) is 5.75 Å². The summed E-state index contributed by atoms with van der Waals surface area (Å²) in [6.07, 6.45) is 0. The van der Waals surface area contributed by atoms with Gasteiger partial charge in [0, 0.05) is 23.1 Å². The molecule has 0 spiro atoms. The normalized spacial score (nSPS) is 20.2. The minimum atomic E-state index is 0.377. The van der Waals surface area contributed by atoms with E-state index in [2.05, 4.69) is 5.32 Å². The molecule has 1 aliphatic rings. The van der Waals surface area contributed by atoms with Crippen LogP contribution in [0.4, 0.5) is 0 Å². The van der Waals surface area contributed by atoms with E-state index in [0.29, 0.717) is 11.7 Å². The van der Waals surface area contributed by atoms with Gasteiger partial charge in [-0.2, -0.15) is 0 Å². The van der Waals surface area contributed by atoms with Gasteiger partial charge in [0.25, 0.3) is 0 Å². The van der Waals surface area contributed by atoms with E-state index in [1.165, 1.54) is 10.5 Å². The third kappa shape index (κ3) is 1.67. The Labute approximate surface area is 82.4 Å².